The average molecular weight is 330 g/mol. The molecule has 3 rings (SSSR count). The fourth-order valence-electron chi connectivity index (χ4n) is 3.29. The average Bonchev–Trinajstić information content (AvgIpc) is 2.59. The number of halogens is 1. The number of para-hydroxylation sites is 1. The van der Waals surface area contributed by atoms with Crippen molar-refractivity contribution in [3.63, 3.8) is 0 Å². The molecule has 1 aliphatic rings. The topological polar surface area (TPSA) is 45.6 Å². The van der Waals surface area contributed by atoms with Crippen LogP contribution in [-0.2, 0) is 6.54 Å². The Kier molecular flexibility index (Phi) is 5.43. The van der Waals surface area contributed by atoms with E-state index in [1.54, 1.807) is 12.3 Å². The molecule has 0 aliphatic heterocycles. The van der Waals surface area contributed by atoms with Gasteiger partial charge in [0, 0.05) is 18.8 Å². The molecule has 0 spiro atoms. The molecule has 0 amide bonds. The Balaban J connectivity index is 1.65. The fourth-order valence-corrected chi connectivity index (χ4v) is 3.29. The molecule has 128 valence electrons. The van der Waals surface area contributed by atoms with Crippen LogP contribution in [0.25, 0.3) is 0 Å². The number of pyridine rings is 1. The molecule has 4 nitrogen and oxygen atoms in total. The second kappa shape index (κ2) is 7.73. The molecule has 1 aliphatic carbocycles. The van der Waals surface area contributed by atoms with Crippen molar-refractivity contribution >= 4 is 0 Å². The van der Waals surface area contributed by atoms with Gasteiger partial charge in [0.1, 0.15) is 23.8 Å². The van der Waals surface area contributed by atoms with Gasteiger partial charge in [-0.25, -0.2) is 4.39 Å². The van der Waals surface area contributed by atoms with Gasteiger partial charge in [-0.15, -0.1) is 0 Å². The van der Waals surface area contributed by atoms with E-state index in [4.69, 9.17) is 4.74 Å². The number of rotatable bonds is 5. The van der Waals surface area contributed by atoms with Gasteiger partial charge in [-0.3, -0.25) is 9.88 Å². The Bertz CT molecular complexity index is 653. The molecule has 1 fully saturated rings. The van der Waals surface area contributed by atoms with E-state index >= 15 is 0 Å². The van der Waals surface area contributed by atoms with Crippen molar-refractivity contribution in [1.29, 1.82) is 0 Å². The van der Waals surface area contributed by atoms with Gasteiger partial charge in [0.15, 0.2) is 0 Å². The minimum Gasteiger partial charge on any atom is -0.488 e. The molecule has 0 unspecified atom stereocenters. The molecule has 24 heavy (non-hydrogen) atoms. The summed E-state index contributed by atoms with van der Waals surface area (Å²) >= 11 is 0. The molecule has 5 heteroatoms. The third kappa shape index (κ3) is 3.91. The summed E-state index contributed by atoms with van der Waals surface area (Å²) in [4.78, 5) is 6.06. The summed E-state index contributed by atoms with van der Waals surface area (Å²) in [5, 5.41) is 10.7. The summed E-state index contributed by atoms with van der Waals surface area (Å²) in [6.07, 6.45) is 3.37. The van der Waals surface area contributed by atoms with Crippen LogP contribution >= 0.6 is 0 Å². The van der Waals surface area contributed by atoms with Crippen LogP contribution in [0.3, 0.4) is 0 Å². The van der Waals surface area contributed by atoms with Crippen LogP contribution in [0.4, 0.5) is 4.39 Å². The molecule has 2 aromatic rings. The third-order valence-electron chi connectivity index (χ3n) is 4.59. The smallest absolute Gasteiger partial charge is 0.146 e. The van der Waals surface area contributed by atoms with E-state index in [1.165, 1.54) is 6.07 Å². The van der Waals surface area contributed by atoms with Crippen LogP contribution in [0.2, 0.25) is 0 Å². The highest BCUT2D eigenvalue weighted by Crippen LogP contribution is 2.27. The molecule has 1 heterocycles. The van der Waals surface area contributed by atoms with Gasteiger partial charge in [-0.05, 0) is 50.6 Å². The summed E-state index contributed by atoms with van der Waals surface area (Å²) < 4.78 is 19.8. The lowest BCUT2D eigenvalue weighted by molar-refractivity contribution is -0.0495. The molecule has 1 aromatic heterocycles. The zero-order valence-electron chi connectivity index (χ0n) is 13.8. The number of hydrogen-bond donors (Lipinski definition) is 1. The van der Waals surface area contributed by atoms with Crippen LogP contribution in [0, 0.1) is 5.82 Å². The number of aliphatic hydroxyl groups is 1. The lowest BCUT2D eigenvalue weighted by Gasteiger charge is -2.39. The van der Waals surface area contributed by atoms with E-state index in [9.17, 15) is 9.50 Å². The second-order valence-corrected chi connectivity index (χ2v) is 6.31. The predicted octanol–water partition coefficient (Wildman–Crippen LogP) is 3.01. The first-order valence-electron chi connectivity index (χ1n) is 8.34. The van der Waals surface area contributed by atoms with Gasteiger partial charge in [-0.1, -0.05) is 18.2 Å². The SMILES string of the molecule is CN(Cc1ncccc1F)[C@@H]1CCC[C@H](Oc2ccccc2)[C@H]1O. The number of ether oxygens (including phenoxy) is 1. The quantitative estimate of drug-likeness (QED) is 0.915. The summed E-state index contributed by atoms with van der Waals surface area (Å²) in [5.74, 6) is 0.451. The normalized spacial score (nSPS) is 24.1. The molecule has 0 radical (unpaired) electrons. The van der Waals surface area contributed by atoms with Gasteiger partial charge < -0.3 is 9.84 Å². The monoisotopic (exact) mass is 330 g/mol. The highest BCUT2D eigenvalue weighted by molar-refractivity contribution is 5.21. The highest BCUT2D eigenvalue weighted by atomic mass is 19.1. The first-order valence-corrected chi connectivity index (χ1v) is 8.34. The Hall–Kier alpha value is -1.98. The first-order chi connectivity index (χ1) is 11.6. The number of likely N-dealkylation sites (N-methyl/N-ethyl adjacent to an activating group) is 1. The standard InChI is InChI=1S/C19H23FN2O2/c1-22(13-16-15(20)9-6-12-21-16)17-10-5-11-18(19(17)23)24-14-7-3-2-4-8-14/h2-4,6-9,12,17-19,23H,5,10-11,13H2,1H3/t17-,18+,19+/m1/s1. The van der Waals surface area contributed by atoms with Crippen LogP contribution in [0.5, 0.6) is 5.75 Å². The maximum absolute atomic E-state index is 13.8. The van der Waals surface area contributed by atoms with Gasteiger partial charge in [-0.2, -0.15) is 0 Å². The zero-order valence-corrected chi connectivity index (χ0v) is 13.8. The van der Waals surface area contributed by atoms with Crippen molar-refractivity contribution in [2.75, 3.05) is 7.05 Å². The Morgan fingerprint density at radius 3 is 2.75 bits per heavy atom. The van der Waals surface area contributed by atoms with Gasteiger partial charge in [0.25, 0.3) is 0 Å². The van der Waals surface area contributed by atoms with Crippen LogP contribution in [0.15, 0.2) is 48.7 Å². The Morgan fingerprint density at radius 2 is 2.00 bits per heavy atom. The van der Waals surface area contributed by atoms with Crippen molar-refractivity contribution in [3.8, 4) is 5.75 Å². The summed E-state index contributed by atoms with van der Waals surface area (Å²) in [6.45, 7) is 0.368. The molecular formula is C19H23FN2O2. The fraction of sp³-hybridized carbons (Fsp3) is 0.421. The van der Waals surface area contributed by atoms with Gasteiger partial charge in [0.2, 0.25) is 0 Å². The summed E-state index contributed by atoms with van der Waals surface area (Å²) in [6, 6.07) is 12.5. The molecule has 1 aromatic carbocycles. The number of aliphatic hydroxyl groups excluding tert-OH is 1. The molecule has 3 atom stereocenters. The summed E-state index contributed by atoms with van der Waals surface area (Å²) in [7, 11) is 1.90. The molecule has 1 saturated carbocycles. The van der Waals surface area contributed by atoms with E-state index < -0.39 is 6.10 Å². The minimum absolute atomic E-state index is 0.0751. The Labute approximate surface area is 141 Å². The summed E-state index contributed by atoms with van der Waals surface area (Å²) in [5.41, 5.74) is 0.401. The second-order valence-electron chi connectivity index (χ2n) is 6.31. The number of hydrogen-bond acceptors (Lipinski definition) is 4. The number of nitrogens with zero attached hydrogens (tertiary/aromatic N) is 2. The predicted molar refractivity (Wildman–Crippen MR) is 90.2 cm³/mol. The van der Waals surface area contributed by atoms with Crippen LogP contribution < -0.4 is 4.74 Å². The minimum atomic E-state index is -0.615. The van der Waals surface area contributed by atoms with Crippen LogP contribution in [-0.4, -0.2) is 40.3 Å². The number of benzene rings is 1. The van der Waals surface area contributed by atoms with Crippen molar-refractivity contribution in [2.24, 2.45) is 0 Å². The first kappa shape index (κ1) is 16.9. The molecule has 0 saturated heterocycles. The van der Waals surface area contributed by atoms with Crippen LogP contribution in [0.1, 0.15) is 25.0 Å². The van der Waals surface area contributed by atoms with E-state index in [-0.39, 0.29) is 18.0 Å². The van der Waals surface area contributed by atoms with Crippen molar-refractivity contribution in [2.45, 2.75) is 44.1 Å². The van der Waals surface area contributed by atoms with Crippen molar-refractivity contribution < 1.29 is 14.2 Å². The largest absolute Gasteiger partial charge is 0.488 e. The third-order valence-corrected chi connectivity index (χ3v) is 4.59. The van der Waals surface area contributed by atoms with Crippen molar-refractivity contribution in [3.05, 3.63) is 60.2 Å². The zero-order chi connectivity index (χ0) is 16.9. The molecular weight excluding hydrogens is 307 g/mol. The van der Waals surface area contributed by atoms with Gasteiger partial charge in [0.05, 0.1) is 5.69 Å². The van der Waals surface area contributed by atoms with E-state index in [0.717, 1.165) is 25.0 Å². The Morgan fingerprint density at radius 1 is 1.21 bits per heavy atom. The lowest BCUT2D eigenvalue weighted by Crippen LogP contribution is -2.51. The maximum Gasteiger partial charge on any atom is 0.146 e. The highest BCUT2D eigenvalue weighted by Gasteiger charge is 2.35. The maximum atomic E-state index is 13.8. The van der Waals surface area contributed by atoms with E-state index in [0.29, 0.717) is 12.2 Å². The van der Waals surface area contributed by atoms with E-state index in [2.05, 4.69) is 4.98 Å². The van der Waals surface area contributed by atoms with Crippen molar-refractivity contribution in [1.82, 2.24) is 9.88 Å². The van der Waals surface area contributed by atoms with Gasteiger partial charge >= 0.3 is 0 Å². The van der Waals surface area contributed by atoms with E-state index in [1.807, 2.05) is 42.3 Å². The molecule has 0 bridgehead atoms. The molecule has 1 N–H and O–H groups in total. The lowest BCUT2D eigenvalue weighted by atomic mass is 9.89. The number of aromatic nitrogens is 1.